The normalized spacial score (nSPS) is 9.83. The number of carbonyl (C=O) groups is 3. The molecule has 0 unspecified atom stereocenters. The van der Waals surface area contributed by atoms with E-state index in [1.165, 1.54) is 0 Å². The van der Waals surface area contributed by atoms with E-state index < -0.39 is 25.7 Å². The molecule has 0 atom stereocenters. The van der Waals surface area contributed by atoms with E-state index in [1.807, 2.05) is 13.8 Å². The van der Waals surface area contributed by atoms with E-state index in [2.05, 4.69) is 9.56 Å². The summed E-state index contributed by atoms with van der Waals surface area (Å²) in [6, 6.07) is 13.5. The highest BCUT2D eigenvalue weighted by Gasteiger charge is 2.16. The SMILES string of the molecule is CC(=O)OOP(=O)(O)O.Cc1ccc(C(=O)O)cc1.Cc1ccc(C(=O)O)cc1. The van der Waals surface area contributed by atoms with Gasteiger partial charge in [0.1, 0.15) is 0 Å². The molecular formula is C18H21O10P. The van der Waals surface area contributed by atoms with Crippen LogP contribution in [0.3, 0.4) is 0 Å². The third-order valence-electron chi connectivity index (χ3n) is 2.85. The molecule has 158 valence electrons. The number of aryl methyl sites for hydroxylation is 2. The minimum absolute atomic E-state index is 0.339. The Kier molecular flexibility index (Phi) is 11.1. The van der Waals surface area contributed by atoms with Gasteiger partial charge in [0.15, 0.2) is 0 Å². The second-order valence-corrected chi connectivity index (χ2v) is 6.61. The second kappa shape index (κ2) is 12.4. The Bertz CT molecular complexity index is 798. The van der Waals surface area contributed by atoms with Crippen LogP contribution < -0.4 is 0 Å². The van der Waals surface area contributed by atoms with Crippen molar-refractivity contribution in [3.63, 3.8) is 0 Å². The number of carboxylic acid groups (broad SMARTS) is 2. The third-order valence-corrected chi connectivity index (χ3v) is 3.12. The smallest absolute Gasteiger partial charge is 0.478 e. The van der Waals surface area contributed by atoms with Gasteiger partial charge in [-0.2, -0.15) is 0 Å². The molecule has 0 aromatic heterocycles. The number of carboxylic acids is 2. The molecule has 0 heterocycles. The molecule has 0 amide bonds. The van der Waals surface area contributed by atoms with Gasteiger partial charge in [0.05, 0.1) is 11.1 Å². The first-order valence-corrected chi connectivity index (χ1v) is 9.37. The van der Waals surface area contributed by atoms with Gasteiger partial charge in [0.25, 0.3) is 0 Å². The maximum atomic E-state index is 10.3. The van der Waals surface area contributed by atoms with Crippen LogP contribution in [0.4, 0.5) is 0 Å². The number of carbonyl (C=O) groups excluding carboxylic acids is 1. The minimum atomic E-state index is -4.66. The Morgan fingerprint density at radius 1 is 0.759 bits per heavy atom. The summed E-state index contributed by atoms with van der Waals surface area (Å²) in [5, 5.41) is 17.0. The van der Waals surface area contributed by atoms with Crippen molar-refractivity contribution in [3.05, 3.63) is 70.8 Å². The molecular weight excluding hydrogens is 407 g/mol. The maximum absolute atomic E-state index is 10.3. The number of benzene rings is 2. The Balaban J connectivity index is 0.000000407. The summed E-state index contributed by atoms with van der Waals surface area (Å²) in [4.78, 5) is 49.7. The molecule has 2 rings (SSSR count). The summed E-state index contributed by atoms with van der Waals surface area (Å²) in [5.74, 6) is -2.67. The first-order chi connectivity index (χ1) is 13.3. The zero-order chi connectivity index (χ0) is 22.6. The van der Waals surface area contributed by atoms with Gasteiger partial charge < -0.3 is 20.0 Å². The molecule has 0 aliphatic rings. The fourth-order valence-corrected chi connectivity index (χ4v) is 1.70. The van der Waals surface area contributed by atoms with Gasteiger partial charge in [0.2, 0.25) is 0 Å². The molecule has 0 saturated carbocycles. The lowest BCUT2D eigenvalue weighted by Crippen LogP contribution is -1.97. The van der Waals surface area contributed by atoms with E-state index in [1.54, 1.807) is 48.5 Å². The lowest BCUT2D eigenvalue weighted by molar-refractivity contribution is -0.219. The number of rotatable bonds is 4. The lowest BCUT2D eigenvalue weighted by Gasteiger charge is -1.99. The van der Waals surface area contributed by atoms with Crippen LogP contribution in [0.2, 0.25) is 0 Å². The highest BCUT2D eigenvalue weighted by Crippen LogP contribution is 2.35. The molecule has 0 aliphatic heterocycles. The number of aromatic carboxylic acids is 2. The molecule has 0 aliphatic carbocycles. The zero-order valence-electron chi connectivity index (χ0n) is 15.8. The van der Waals surface area contributed by atoms with Crippen molar-refractivity contribution in [2.24, 2.45) is 0 Å². The van der Waals surface area contributed by atoms with Gasteiger partial charge in [-0.15, -0.1) is 0 Å². The summed E-state index contributed by atoms with van der Waals surface area (Å²) in [7, 11) is -4.66. The van der Waals surface area contributed by atoms with Crippen LogP contribution in [0.25, 0.3) is 0 Å². The maximum Gasteiger partial charge on any atom is 0.505 e. The van der Waals surface area contributed by atoms with Crippen LogP contribution in [0.15, 0.2) is 48.5 Å². The summed E-state index contributed by atoms with van der Waals surface area (Å²) in [6.07, 6.45) is 0. The fourth-order valence-electron chi connectivity index (χ4n) is 1.49. The van der Waals surface area contributed by atoms with E-state index in [4.69, 9.17) is 20.0 Å². The van der Waals surface area contributed by atoms with E-state index in [9.17, 15) is 18.9 Å². The van der Waals surface area contributed by atoms with Crippen LogP contribution in [0.5, 0.6) is 0 Å². The molecule has 2 aromatic carbocycles. The van der Waals surface area contributed by atoms with Crippen LogP contribution in [-0.4, -0.2) is 37.9 Å². The molecule has 0 bridgehead atoms. The molecule has 0 spiro atoms. The largest absolute Gasteiger partial charge is 0.505 e. The molecule has 0 fully saturated rings. The number of phosphoric acid groups is 1. The van der Waals surface area contributed by atoms with Gasteiger partial charge >= 0.3 is 25.7 Å². The molecule has 0 saturated heterocycles. The first-order valence-electron chi connectivity index (χ1n) is 7.84. The lowest BCUT2D eigenvalue weighted by atomic mass is 10.2. The molecule has 0 radical (unpaired) electrons. The van der Waals surface area contributed by atoms with Crippen LogP contribution in [0.1, 0.15) is 38.8 Å². The van der Waals surface area contributed by atoms with E-state index in [0.717, 1.165) is 18.1 Å². The number of hydrogen-bond donors (Lipinski definition) is 4. The predicted octanol–water partition coefficient (Wildman–Crippen LogP) is 2.96. The molecule has 10 nitrogen and oxygen atoms in total. The van der Waals surface area contributed by atoms with Gasteiger partial charge in [0, 0.05) is 6.92 Å². The highest BCUT2D eigenvalue weighted by molar-refractivity contribution is 7.46. The summed E-state index contributed by atoms with van der Waals surface area (Å²) < 4.78 is 13.0. The Morgan fingerprint density at radius 2 is 1.07 bits per heavy atom. The van der Waals surface area contributed by atoms with Crippen molar-refractivity contribution in [2.75, 3.05) is 0 Å². The molecule has 2 aromatic rings. The third kappa shape index (κ3) is 13.7. The molecule has 11 heteroatoms. The summed E-state index contributed by atoms with van der Waals surface area (Å²) in [6.45, 7) is 4.80. The van der Waals surface area contributed by atoms with Crippen molar-refractivity contribution < 1.29 is 48.5 Å². The van der Waals surface area contributed by atoms with Crippen LogP contribution in [0, 0.1) is 13.8 Å². The Hall–Kier alpha value is -3.04. The van der Waals surface area contributed by atoms with Gasteiger partial charge in [-0.1, -0.05) is 40.1 Å². The Morgan fingerprint density at radius 3 is 1.24 bits per heavy atom. The number of hydrogen-bond acceptors (Lipinski definition) is 6. The zero-order valence-corrected chi connectivity index (χ0v) is 16.7. The van der Waals surface area contributed by atoms with Crippen molar-refractivity contribution in [2.45, 2.75) is 20.8 Å². The van der Waals surface area contributed by atoms with Crippen molar-refractivity contribution in [1.29, 1.82) is 0 Å². The van der Waals surface area contributed by atoms with Crippen molar-refractivity contribution in [3.8, 4) is 0 Å². The van der Waals surface area contributed by atoms with Gasteiger partial charge in [-0.3, -0.25) is 4.89 Å². The minimum Gasteiger partial charge on any atom is -0.478 e. The fraction of sp³-hybridized carbons (Fsp3) is 0.167. The predicted molar refractivity (Wildman–Crippen MR) is 101 cm³/mol. The van der Waals surface area contributed by atoms with E-state index >= 15 is 0 Å². The summed E-state index contributed by atoms with van der Waals surface area (Å²) in [5.41, 5.74) is 2.83. The van der Waals surface area contributed by atoms with E-state index in [0.29, 0.717) is 11.1 Å². The summed E-state index contributed by atoms with van der Waals surface area (Å²) >= 11 is 0. The van der Waals surface area contributed by atoms with E-state index in [-0.39, 0.29) is 0 Å². The monoisotopic (exact) mass is 428 g/mol. The van der Waals surface area contributed by atoms with Gasteiger partial charge in [-0.25, -0.2) is 18.9 Å². The molecule has 4 N–H and O–H groups in total. The van der Waals surface area contributed by atoms with Crippen molar-refractivity contribution in [1.82, 2.24) is 0 Å². The highest BCUT2D eigenvalue weighted by atomic mass is 31.2. The first kappa shape index (κ1) is 26.0. The second-order valence-electron chi connectivity index (χ2n) is 5.48. The standard InChI is InChI=1S/2C8H8O2.C2H5O6P/c2*1-6-2-4-7(5-3-6)8(9)10;1-2(3)7-8-9(4,5)6/h2*2-5H,1H3,(H,9,10);1H3,(H2,4,5,6). The van der Waals surface area contributed by atoms with Crippen LogP contribution >= 0.6 is 7.82 Å². The van der Waals surface area contributed by atoms with Crippen LogP contribution in [-0.2, 0) is 18.9 Å². The average molecular weight is 428 g/mol. The van der Waals surface area contributed by atoms with Gasteiger partial charge in [-0.05, 0) is 38.1 Å². The molecule has 29 heavy (non-hydrogen) atoms. The topological polar surface area (TPSA) is 168 Å². The quantitative estimate of drug-likeness (QED) is 0.323. The average Bonchev–Trinajstić information content (AvgIpc) is 2.61. The van der Waals surface area contributed by atoms with Crippen molar-refractivity contribution >= 4 is 25.7 Å². The Labute approximate surface area is 166 Å².